The van der Waals surface area contributed by atoms with Gasteiger partial charge in [-0.05, 0) is 34.5 Å². The zero-order chi connectivity index (χ0) is 12.1. The van der Waals surface area contributed by atoms with E-state index < -0.39 is 0 Å². The Bertz CT molecular complexity index is 519. The van der Waals surface area contributed by atoms with Gasteiger partial charge in [-0.15, -0.1) is 6.58 Å². The molecule has 0 heterocycles. The molecule has 2 aromatic carbocycles. The van der Waals surface area contributed by atoms with Gasteiger partial charge < -0.3 is 10.1 Å². The summed E-state index contributed by atoms with van der Waals surface area (Å²) in [6.07, 6.45) is 1.87. The highest BCUT2D eigenvalue weighted by atomic mass is 16.5. The molecule has 0 aromatic heterocycles. The Kier molecular flexibility index (Phi) is 3.78. The molecule has 0 fully saturated rings. The maximum atomic E-state index is 5.21. The van der Waals surface area contributed by atoms with Crippen molar-refractivity contribution in [2.45, 2.75) is 6.54 Å². The van der Waals surface area contributed by atoms with Crippen molar-refractivity contribution in [2.75, 3.05) is 13.7 Å². The highest BCUT2D eigenvalue weighted by Gasteiger charge is 1.98. The molecule has 2 rings (SSSR count). The van der Waals surface area contributed by atoms with E-state index in [-0.39, 0.29) is 0 Å². The van der Waals surface area contributed by atoms with Gasteiger partial charge in [0.25, 0.3) is 0 Å². The van der Waals surface area contributed by atoms with Gasteiger partial charge in [0.15, 0.2) is 0 Å². The van der Waals surface area contributed by atoms with E-state index in [9.17, 15) is 0 Å². The summed E-state index contributed by atoms with van der Waals surface area (Å²) in [5.74, 6) is 0.898. The molecule has 0 amide bonds. The molecule has 0 unspecified atom stereocenters. The summed E-state index contributed by atoms with van der Waals surface area (Å²) in [4.78, 5) is 0. The van der Waals surface area contributed by atoms with Gasteiger partial charge in [0.2, 0.25) is 0 Å². The summed E-state index contributed by atoms with van der Waals surface area (Å²) in [5, 5.41) is 5.74. The van der Waals surface area contributed by atoms with E-state index in [4.69, 9.17) is 4.74 Å². The molecule has 0 aliphatic carbocycles. The molecule has 2 aromatic rings. The molecule has 0 saturated heterocycles. The number of methoxy groups -OCH3 is 1. The van der Waals surface area contributed by atoms with Crippen LogP contribution in [0, 0.1) is 0 Å². The van der Waals surface area contributed by atoms with Crippen LogP contribution < -0.4 is 10.1 Å². The van der Waals surface area contributed by atoms with Crippen LogP contribution in [0.15, 0.2) is 49.1 Å². The van der Waals surface area contributed by atoms with E-state index in [0.717, 1.165) is 18.8 Å². The normalized spacial score (nSPS) is 10.4. The second-order valence-electron chi connectivity index (χ2n) is 3.97. The number of fused-ring (bicyclic) bond motifs is 1. The van der Waals surface area contributed by atoms with Crippen LogP contribution in [-0.4, -0.2) is 13.7 Å². The average molecular weight is 227 g/mol. The van der Waals surface area contributed by atoms with Crippen molar-refractivity contribution in [3.8, 4) is 5.75 Å². The Morgan fingerprint density at radius 3 is 2.71 bits per heavy atom. The molecule has 2 nitrogen and oxygen atoms in total. The molecular formula is C15H17NO. The minimum Gasteiger partial charge on any atom is -0.497 e. The van der Waals surface area contributed by atoms with E-state index in [1.54, 1.807) is 7.11 Å². The van der Waals surface area contributed by atoms with Gasteiger partial charge in [-0.1, -0.05) is 24.3 Å². The first-order valence-electron chi connectivity index (χ1n) is 5.72. The van der Waals surface area contributed by atoms with Gasteiger partial charge >= 0.3 is 0 Å². The lowest BCUT2D eigenvalue weighted by molar-refractivity contribution is 0.415. The van der Waals surface area contributed by atoms with Gasteiger partial charge in [-0.2, -0.15) is 0 Å². The van der Waals surface area contributed by atoms with Crippen LogP contribution in [0.25, 0.3) is 10.8 Å². The van der Waals surface area contributed by atoms with Crippen LogP contribution in [0.3, 0.4) is 0 Å². The fraction of sp³-hybridized carbons (Fsp3) is 0.200. The lowest BCUT2D eigenvalue weighted by atomic mass is 10.1. The minimum absolute atomic E-state index is 0.834. The highest BCUT2D eigenvalue weighted by Crippen LogP contribution is 2.21. The van der Waals surface area contributed by atoms with E-state index in [1.807, 2.05) is 12.1 Å². The minimum atomic E-state index is 0.834. The monoisotopic (exact) mass is 227 g/mol. The first-order valence-corrected chi connectivity index (χ1v) is 5.72. The molecule has 0 atom stereocenters. The summed E-state index contributed by atoms with van der Waals surface area (Å²) >= 11 is 0. The van der Waals surface area contributed by atoms with Gasteiger partial charge in [-0.25, -0.2) is 0 Å². The van der Waals surface area contributed by atoms with Crippen LogP contribution in [0.1, 0.15) is 5.56 Å². The SMILES string of the molecule is C=CCNCc1ccc2cc(OC)ccc2c1. The molecule has 88 valence electrons. The topological polar surface area (TPSA) is 21.3 Å². The van der Waals surface area contributed by atoms with Crippen LogP contribution in [0.4, 0.5) is 0 Å². The third kappa shape index (κ3) is 2.86. The van der Waals surface area contributed by atoms with E-state index in [1.165, 1.54) is 16.3 Å². The number of hydrogen-bond acceptors (Lipinski definition) is 2. The lowest BCUT2D eigenvalue weighted by Gasteiger charge is -2.06. The van der Waals surface area contributed by atoms with Crippen molar-refractivity contribution >= 4 is 10.8 Å². The van der Waals surface area contributed by atoms with Gasteiger partial charge in [0, 0.05) is 13.1 Å². The maximum Gasteiger partial charge on any atom is 0.119 e. The fourth-order valence-corrected chi connectivity index (χ4v) is 1.83. The van der Waals surface area contributed by atoms with Gasteiger partial charge in [0.05, 0.1) is 7.11 Å². The summed E-state index contributed by atoms with van der Waals surface area (Å²) in [7, 11) is 1.69. The Hall–Kier alpha value is -1.80. The highest BCUT2D eigenvalue weighted by molar-refractivity contribution is 5.84. The summed E-state index contributed by atoms with van der Waals surface area (Å²) < 4.78 is 5.21. The quantitative estimate of drug-likeness (QED) is 0.626. The number of ether oxygens (including phenoxy) is 1. The first kappa shape index (κ1) is 11.7. The number of benzene rings is 2. The molecule has 0 bridgehead atoms. The van der Waals surface area contributed by atoms with Crippen molar-refractivity contribution in [2.24, 2.45) is 0 Å². The van der Waals surface area contributed by atoms with Crippen molar-refractivity contribution in [3.05, 3.63) is 54.6 Å². The largest absolute Gasteiger partial charge is 0.497 e. The standard InChI is InChI=1S/C15H17NO/c1-3-8-16-11-12-4-5-14-10-15(17-2)7-6-13(14)9-12/h3-7,9-10,16H,1,8,11H2,2H3. The van der Waals surface area contributed by atoms with E-state index in [0.29, 0.717) is 0 Å². The van der Waals surface area contributed by atoms with Crippen molar-refractivity contribution in [3.63, 3.8) is 0 Å². The summed E-state index contributed by atoms with van der Waals surface area (Å²) in [6, 6.07) is 12.6. The lowest BCUT2D eigenvalue weighted by Crippen LogP contribution is -2.12. The predicted octanol–water partition coefficient (Wildman–Crippen LogP) is 3.12. The first-order chi connectivity index (χ1) is 8.33. The summed E-state index contributed by atoms with van der Waals surface area (Å²) in [5.41, 5.74) is 1.28. The third-order valence-corrected chi connectivity index (χ3v) is 2.73. The fourth-order valence-electron chi connectivity index (χ4n) is 1.83. The molecule has 0 saturated carbocycles. The summed E-state index contributed by atoms with van der Waals surface area (Å²) in [6.45, 7) is 5.39. The molecule has 2 heteroatoms. The van der Waals surface area contributed by atoms with Crippen LogP contribution in [-0.2, 0) is 6.54 Å². The Balaban J connectivity index is 2.22. The van der Waals surface area contributed by atoms with Gasteiger partial charge in [0.1, 0.15) is 5.75 Å². The number of rotatable bonds is 5. The van der Waals surface area contributed by atoms with Crippen LogP contribution >= 0.6 is 0 Å². The molecular weight excluding hydrogens is 210 g/mol. The zero-order valence-electron chi connectivity index (χ0n) is 10.1. The van der Waals surface area contributed by atoms with E-state index in [2.05, 4.69) is 42.2 Å². The van der Waals surface area contributed by atoms with E-state index >= 15 is 0 Å². The maximum absolute atomic E-state index is 5.21. The van der Waals surface area contributed by atoms with Crippen molar-refractivity contribution in [1.82, 2.24) is 5.32 Å². The molecule has 0 aliphatic rings. The van der Waals surface area contributed by atoms with Gasteiger partial charge in [-0.3, -0.25) is 0 Å². The van der Waals surface area contributed by atoms with Crippen molar-refractivity contribution in [1.29, 1.82) is 0 Å². The molecule has 0 radical (unpaired) electrons. The smallest absolute Gasteiger partial charge is 0.119 e. The molecule has 17 heavy (non-hydrogen) atoms. The second kappa shape index (κ2) is 5.51. The number of hydrogen-bond donors (Lipinski definition) is 1. The Morgan fingerprint density at radius 1 is 1.18 bits per heavy atom. The van der Waals surface area contributed by atoms with Crippen LogP contribution in [0.2, 0.25) is 0 Å². The second-order valence-corrected chi connectivity index (χ2v) is 3.97. The van der Waals surface area contributed by atoms with Crippen molar-refractivity contribution < 1.29 is 4.74 Å². The molecule has 0 spiro atoms. The Morgan fingerprint density at radius 2 is 1.94 bits per heavy atom. The molecule has 1 N–H and O–H groups in total. The average Bonchev–Trinajstić information content (AvgIpc) is 2.38. The van der Waals surface area contributed by atoms with Crippen LogP contribution in [0.5, 0.6) is 5.75 Å². The number of nitrogens with one attached hydrogen (secondary N) is 1. The predicted molar refractivity (Wildman–Crippen MR) is 72.4 cm³/mol. The Labute approximate surface area is 102 Å². The molecule has 0 aliphatic heterocycles. The zero-order valence-corrected chi connectivity index (χ0v) is 10.1. The third-order valence-electron chi connectivity index (χ3n) is 2.73.